The summed E-state index contributed by atoms with van der Waals surface area (Å²) in [6.45, 7) is 2.86. The average molecular weight is 355 g/mol. The van der Waals surface area contributed by atoms with E-state index in [9.17, 15) is 14.5 Å². The highest BCUT2D eigenvalue weighted by Crippen LogP contribution is 2.35. The first kappa shape index (κ1) is 16.3. The Morgan fingerprint density at radius 1 is 1.38 bits per heavy atom. The van der Waals surface area contributed by atoms with Crippen molar-refractivity contribution in [2.45, 2.75) is 13.3 Å². The third kappa shape index (κ3) is 2.54. The Morgan fingerprint density at radius 3 is 2.88 bits per heavy atom. The van der Waals surface area contributed by atoms with Gasteiger partial charge in [-0.3, -0.25) is 10.1 Å². The molecule has 0 radical (unpaired) electrons. The van der Waals surface area contributed by atoms with Crippen LogP contribution in [0.15, 0.2) is 30.5 Å². The third-order valence-corrected chi connectivity index (χ3v) is 4.84. The molecule has 0 spiro atoms. The normalized spacial score (nSPS) is 14.7. The number of halogens is 1. The molecule has 0 saturated carbocycles. The van der Waals surface area contributed by atoms with Gasteiger partial charge in [0.15, 0.2) is 0 Å². The van der Waals surface area contributed by atoms with Crippen molar-refractivity contribution in [2.24, 2.45) is 7.05 Å². The number of hydrogen-bond donors (Lipinski definition) is 1. The average Bonchev–Trinajstić information content (AvgIpc) is 3.14. The summed E-state index contributed by atoms with van der Waals surface area (Å²) in [7, 11) is 1.72. The number of anilines is 1. The van der Waals surface area contributed by atoms with Crippen LogP contribution in [0.5, 0.6) is 0 Å². The number of benzene rings is 1. The van der Waals surface area contributed by atoms with Crippen molar-refractivity contribution in [3.05, 3.63) is 57.7 Å². The second kappa shape index (κ2) is 5.98. The van der Waals surface area contributed by atoms with Gasteiger partial charge in [0, 0.05) is 42.8 Å². The summed E-state index contributed by atoms with van der Waals surface area (Å²) in [5.41, 5.74) is 3.45. The predicted octanol–water partition coefficient (Wildman–Crippen LogP) is 3.55. The van der Waals surface area contributed by atoms with Crippen molar-refractivity contribution in [3.63, 3.8) is 0 Å². The molecule has 8 heteroatoms. The van der Waals surface area contributed by atoms with Gasteiger partial charge in [0.05, 0.1) is 4.92 Å². The number of nitrogens with one attached hydrogen (secondary N) is 1. The molecule has 1 aliphatic heterocycles. The number of hydrogen-bond acceptors (Lipinski definition) is 4. The fraction of sp³-hybridized carbons (Fsp3) is 0.278. The maximum Gasteiger partial charge on any atom is 0.333 e. The van der Waals surface area contributed by atoms with Crippen molar-refractivity contribution in [3.8, 4) is 0 Å². The highest BCUT2D eigenvalue weighted by Gasteiger charge is 2.29. The van der Waals surface area contributed by atoms with Crippen molar-refractivity contribution in [2.75, 3.05) is 18.0 Å². The van der Waals surface area contributed by atoms with Crippen LogP contribution in [0.2, 0.25) is 0 Å². The van der Waals surface area contributed by atoms with Gasteiger partial charge in [0.25, 0.3) is 0 Å². The number of nitro groups is 1. The van der Waals surface area contributed by atoms with Gasteiger partial charge in [-0.05, 0) is 37.1 Å². The molecule has 0 bridgehead atoms. The van der Waals surface area contributed by atoms with Gasteiger partial charge in [-0.15, -0.1) is 0 Å². The van der Waals surface area contributed by atoms with E-state index in [1.165, 1.54) is 12.1 Å². The van der Waals surface area contributed by atoms with Gasteiger partial charge in [-0.25, -0.2) is 9.07 Å². The molecule has 1 aliphatic rings. The van der Waals surface area contributed by atoms with Crippen molar-refractivity contribution < 1.29 is 9.31 Å². The fourth-order valence-corrected chi connectivity index (χ4v) is 3.67. The molecule has 0 fully saturated rings. The first-order chi connectivity index (χ1) is 12.5. The SMILES string of the molecule is Cc1nn(C)c(N2CC=C(c3c[nH]c4cc(F)ccc34)CC2)c1[N+](=O)[O-]. The molecule has 134 valence electrons. The van der Waals surface area contributed by atoms with Crippen LogP contribution in [0.25, 0.3) is 16.5 Å². The monoisotopic (exact) mass is 355 g/mol. The summed E-state index contributed by atoms with van der Waals surface area (Å²) in [6, 6.07) is 4.71. The van der Waals surface area contributed by atoms with Crippen LogP contribution < -0.4 is 4.90 Å². The zero-order chi connectivity index (χ0) is 18.4. The molecule has 2 aromatic heterocycles. The number of fused-ring (bicyclic) bond motifs is 1. The molecule has 4 rings (SSSR count). The Hall–Kier alpha value is -3.16. The van der Waals surface area contributed by atoms with Gasteiger partial charge >= 0.3 is 5.69 Å². The van der Waals surface area contributed by atoms with Gasteiger partial charge in [-0.1, -0.05) is 6.08 Å². The molecule has 0 unspecified atom stereocenters. The van der Waals surface area contributed by atoms with Crippen molar-refractivity contribution in [1.29, 1.82) is 0 Å². The number of rotatable bonds is 3. The van der Waals surface area contributed by atoms with E-state index >= 15 is 0 Å². The van der Waals surface area contributed by atoms with Crippen LogP contribution in [0.3, 0.4) is 0 Å². The van der Waals surface area contributed by atoms with E-state index in [1.54, 1.807) is 24.7 Å². The molecule has 26 heavy (non-hydrogen) atoms. The summed E-state index contributed by atoms with van der Waals surface area (Å²) in [5, 5.41) is 16.6. The van der Waals surface area contributed by atoms with E-state index in [0.29, 0.717) is 24.6 Å². The van der Waals surface area contributed by atoms with E-state index in [0.717, 1.165) is 28.5 Å². The van der Waals surface area contributed by atoms with Crippen LogP contribution in [-0.2, 0) is 7.05 Å². The maximum absolute atomic E-state index is 13.4. The van der Waals surface area contributed by atoms with Crippen LogP contribution in [0.4, 0.5) is 15.9 Å². The van der Waals surface area contributed by atoms with Gasteiger partial charge in [-0.2, -0.15) is 5.10 Å². The third-order valence-electron chi connectivity index (χ3n) is 4.84. The smallest absolute Gasteiger partial charge is 0.333 e. The minimum atomic E-state index is -0.370. The van der Waals surface area contributed by atoms with Crippen molar-refractivity contribution in [1.82, 2.24) is 14.8 Å². The minimum absolute atomic E-state index is 0.0620. The largest absolute Gasteiger partial charge is 0.360 e. The summed E-state index contributed by atoms with van der Waals surface area (Å²) >= 11 is 0. The van der Waals surface area contributed by atoms with Crippen LogP contribution >= 0.6 is 0 Å². The van der Waals surface area contributed by atoms with E-state index in [-0.39, 0.29) is 16.4 Å². The van der Waals surface area contributed by atoms with Gasteiger partial charge < -0.3 is 9.88 Å². The molecule has 0 saturated heterocycles. The van der Waals surface area contributed by atoms with E-state index in [1.807, 2.05) is 11.1 Å². The number of aromatic amines is 1. The Bertz CT molecular complexity index is 1050. The Labute approximate surface area is 148 Å². The number of nitrogens with zero attached hydrogens (tertiary/aromatic N) is 4. The number of H-pyrrole nitrogens is 1. The summed E-state index contributed by atoms with van der Waals surface area (Å²) in [4.78, 5) is 16.1. The molecule has 1 aromatic carbocycles. The topological polar surface area (TPSA) is 80.0 Å². The summed E-state index contributed by atoms with van der Waals surface area (Å²) in [5.74, 6) is 0.261. The first-order valence-corrected chi connectivity index (χ1v) is 8.34. The second-order valence-corrected chi connectivity index (χ2v) is 6.46. The maximum atomic E-state index is 13.4. The van der Waals surface area contributed by atoms with Crippen LogP contribution in [-0.4, -0.2) is 32.8 Å². The zero-order valence-electron chi connectivity index (χ0n) is 14.5. The number of aryl methyl sites for hydroxylation is 2. The quantitative estimate of drug-likeness (QED) is 0.575. The first-order valence-electron chi connectivity index (χ1n) is 8.34. The molecule has 0 aliphatic carbocycles. The zero-order valence-corrected chi connectivity index (χ0v) is 14.5. The van der Waals surface area contributed by atoms with E-state index < -0.39 is 0 Å². The lowest BCUT2D eigenvalue weighted by atomic mass is 9.99. The predicted molar refractivity (Wildman–Crippen MR) is 97.7 cm³/mol. The van der Waals surface area contributed by atoms with E-state index in [2.05, 4.69) is 16.2 Å². The number of aromatic nitrogens is 3. The second-order valence-electron chi connectivity index (χ2n) is 6.46. The summed E-state index contributed by atoms with van der Waals surface area (Å²) in [6.07, 6.45) is 4.70. The van der Waals surface area contributed by atoms with Gasteiger partial charge in [0.2, 0.25) is 5.82 Å². The van der Waals surface area contributed by atoms with E-state index in [4.69, 9.17) is 0 Å². The lowest BCUT2D eigenvalue weighted by Gasteiger charge is -2.27. The molecule has 3 heterocycles. The highest BCUT2D eigenvalue weighted by molar-refractivity contribution is 5.93. The Kier molecular flexibility index (Phi) is 3.75. The molecule has 7 nitrogen and oxygen atoms in total. The molecule has 3 aromatic rings. The Morgan fingerprint density at radius 2 is 2.19 bits per heavy atom. The summed E-state index contributed by atoms with van der Waals surface area (Å²) < 4.78 is 14.9. The lowest BCUT2D eigenvalue weighted by Crippen LogP contribution is -2.30. The van der Waals surface area contributed by atoms with Crippen LogP contribution in [0, 0.1) is 22.9 Å². The molecular weight excluding hydrogens is 337 g/mol. The fourth-order valence-electron chi connectivity index (χ4n) is 3.67. The van der Waals surface area contributed by atoms with Crippen molar-refractivity contribution >= 4 is 28.0 Å². The lowest BCUT2D eigenvalue weighted by molar-refractivity contribution is -0.384. The molecule has 0 amide bonds. The highest BCUT2D eigenvalue weighted by atomic mass is 19.1. The molecule has 1 N–H and O–H groups in total. The minimum Gasteiger partial charge on any atom is -0.360 e. The Balaban J connectivity index is 1.66. The molecule has 0 atom stereocenters. The van der Waals surface area contributed by atoms with Gasteiger partial charge in [0.1, 0.15) is 11.5 Å². The van der Waals surface area contributed by atoms with Crippen LogP contribution in [0.1, 0.15) is 17.7 Å². The molecular formula is C18H18FN5O2. The standard InChI is InChI=1S/C18H18FN5O2/c1-11-17(24(25)26)18(22(2)21-11)23-7-5-12(6-8-23)15-10-20-16-9-13(19)3-4-14(15)16/h3-5,9-10,20H,6-8H2,1-2H3.